The number of methoxy groups -OCH3 is 1. The van der Waals surface area contributed by atoms with E-state index in [0.717, 1.165) is 5.39 Å². The number of rotatable bonds is 7. The molecule has 2 atom stereocenters. The van der Waals surface area contributed by atoms with Gasteiger partial charge in [0, 0.05) is 24.6 Å². The average molecular weight is 425 g/mol. The number of nitrogens with one attached hydrogen (secondary N) is 1. The molecule has 0 radical (unpaired) electrons. The van der Waals surface area contributed by atoms with Gasteiger partial charge in [-0.1, -0.05) is 6.92 Å². The summed E-state index contributed by atoms with van der Waals surface area (Å²) in [7, 11) is 1.60. The normalized spacial score (nSPS) is 21.2. The maximum absolute atomic E-state index is 9.65. The van der Waals surface area contributed by atoms with Gasteiger partial charge < -0.3 is 28.8 Å². The van der Waals surface area contributed by atoms with Gasteiger partial charge in [0.25, 0.3) is 5.88 Å². The predicted molar refractivity (Wildman–Crippen MR) is 109 cm³/mol. The summed E-state index contributed by atoms with van der Waals surface area (Å²) in [6, 6.07) is 4.14. The highest BCUT2D eigenvalue weighted by molar-refractivity contribution is 5.79. The second-order valence-corrected chi connectivity index (χ2v) is 7.77. The van der Waals surface area contributed by atoms with Gasteiger partial charge >= 0.3 is 0 Å². The van der Waals surface area contributed by atoms with Crippen molar-refractivity contribution in [2.75, 3.05) is 38.9 Å². The molecule has 31 heavy (non-hydrogen) atoms. The van der Waals surface area contributed by atoms with Crippen LogP contribution >= 0.6 is 0 Å². The maximum Gasteiger partial charge on any atom is 0.257 e. The zero-order chi connectivity index (χ0) is 21.4. The largest absolute Gasteiger partial charge is 0.467 e. The molecule has 5 heterocycles. The summed E-state index contributed by atoms with van der Waals surface area (Å²) in [5.74, 6) is 1.10. The summed E-state index contributed by atoms with van der Waals surface area (Å²) < 4.78 is 25.5. The van der Waals surface area contributed by atoms with Gasteiger partial charge in [0.15, 0.2) is 0 Å². The van der Waals surface area contributed by atoms with Gasteiger partial charge in [0.05, 0.1) is 38.7 Å². The van der Waals surface area contributed by atoms with Crippen LogP contribution in [0.1, 0.15) is 18.7 Å². The zero-order valence-corrected chi connectivity index (χ0v) is 17.3. The Kier molecular flexibility index (Phi) is 5.19. The third kappa shape index (κ3) is 3.69. The summed E-state index contributed by atoms with van der Waals surface area (Å²) in [6.07, 6.45) is 3.45. The minimum Gasteiger partial charge on any atom is -0.467 e. The quantitative estimate of drug-likeness (QED) is 0.604. The molecule has 3 aromatic heterocycles. The molecule has 0 amide bonds. The molecule has 3 aromatic rings. The average Bonchev–Trinajstić information content (AvgIpc) is 3.41. The van der Waals surface area contributed by atoms with E-state index < -0.39 is 0 Å². The summed E-state index contributed by atoms with van der Waals surface area (Å²) in [6.45, 7) is 4.68. The Bertz CT molecular complexity index is 1130. The van der Waals surface area contributed by atoms with Crippen molar-refractivity contribution >= 4 is 22.7 Å². The molecule has 2 saturated heterocycles. The van der Waals surface area contributed by atoms with Gasteiger partial charge in [-0.2, -0.15) is 10.2 Å². The van der Waals surface area contributed by atoms with E-state index in [-0.39, 0.29) is 24.8 Å². The Morgan fingerprint density at radius 1 is 1.29 bits per heavy atom. The van der Waals surface area contributed by atoms with Crippen molar-refractivity contribution in [1.82, 2.24) is 24.3 Å². The first kappa shape index (κ1) is 19.7. The van der Waals surface area contributed by atoms with Crippen LogP contribution in [-0.2, 0) is 20.9 Å². The number of hydrogen-bond acceptors (Lipinski definition) is 9. The van der Waals surface area contributed by atoms with Crippen molar-refractivity contribution in [2.45, 2.75) is 25.8 Å². The van der Waals surface area contributed by atoms with Crippen molar-refractivity contribution in [3.05, 3.63) is 24.2 Å². The van der Waals surface area contributed by atoms with E-state index in [0.29, 0.717) is 55.3 Å². The molecule has 2 fully saturated rings. The smallest absolute Gasteiger partial charge is 0.257 e. The SMILES string of the molecule is COCn1cc(Nc2ncc3cc(C#N)n([C@H]4COC[C@@H]4C)c3n2)c(OC2COC2)n1. The fraction of sp³-hybridized carbons (Fsp3) is 0.500. The van der Waals surface area contributed by atoms with Crippen molar-refractivity contribution in [2.24, 2.45) is 5.92 Å². The Labute approximate surface area is 178 Å². The van der Waals surface area contributed by atoms with Crippen molar-refractivity contribution in [1.29, 1.82) is 5.26 Å². The molecule has 0 spiro atoms. The monoisotopic (exact) mass is 425 g/mol. The van der Waals surface area contributed by atoms with E-state index in [4.69, 9.17) is 23.9 Å². The van der Waals surface area contributed by atoms with Gasteiger partial charge in [0.1, 0.15) is 35.9 Å². The standard InChI is InChI=1S/C20H23N7O4/c1-12-7-29-10-17(12)27-14(4-21)3-13-5-22-20(24-18(13)27)23-16-6-26(11-28-2)25-19(16)31-15-8-30-9-15/h3,5-6,12,15,17H,7-11H2,1-2H3,(H,22,23,24)/t12-,17-/m0/s1. The lowest BCUT2D eigenvalue weighted by molar-refractivity contribution is -0.0814. The molecule has 162 valence electrons. The van der Waals surface area contributed by atoms with Gasteiger partial charge in [-0.25, -0.2) is 9.67 Å². The number of nitrogens with zero attached hydrogens (tertiary/aromatic N) is 6. The van der Waals surface area contributed by atoms with Crippen LogP contribution in [0.2, 0.25) is 0 Å². The molecule has 0 bridgehead atoms. The number of hydrogen-bond donors (Lipinski definition) is 1. The minimum atomic E-state index is -0.0332. The van der Waals surface area contributed by atoms with Crippen LogP contribution in [0, 0.1) is 17.2 Å². The highest BCUT2D eigenvalue weighted by atomic mass is 16.6. The summed E-state index contributed by atoms with van der Waals surface area (Å²) in [4.78, 5) is 9.13. The molecule has 0 unspecified atom stereocenters. The maximum atomic E-state index is 9.65. The van der Waals surface area contributed by atoms with E-state index in [2.05, 4.69) is 28.4 Å². The Hall–Kier alpha value is -3.20. The lowest BCUT2D eigenvalue weighted by atomic mass is 10.1. The molecular weight excluding hydrogens is 402 g/mol. The second-order valence-electron chi connectivity index (χ2n) is 7.77. The fourth-order valence-electron chi connectivity index (χ4n) is 3.80. The molecule has 1 N–H and O–H groups in total. The Morgan fingerprint density at radius 2 is 2.13 bits per heavy atom. The Morgan fingerprint density at radius 3 is 2.81 bits per heavy atom. The summed E-state index contributed by atoms with van der Waals surface area (Å²) in [5, 5.41) is 18.1. The van der Waals surface area contributed by atoms with Crippen LogP contribution in [0.5, 0.6) is 5.88 Å². The van der Waals surface area contributed by atoms with Crippen LogP contribution in [-0.4, -0.2) is 64.0 Å². The van der Waals surface area contributed by atoms with Crippen LogP contribution in [0.3, 0.4) is 0 Å². The van der Waals surface area contributed by atoms with Crippen LogP contribution in [0.4, 0.5) is 11.6 Å². The van der Waals surface area contributed by atoms with Gasteiger partial charge in [0.2, 0.25) is 5.95 Å². The fourth-order valence-corrected chi connectivity index (χ4v) is 3.80. The van der Waals surface area contributed by atoms with Crippen LogP contribution < -0.4 is 10.1 Å². The van der Waals surface area contributed by atoms with E-state index in [1.54, 1.807) is 24.2 Å². The van der Waals surface area contributed by atoms with Crippen molar-refractivity contribution in [3.63, 3.8) is 0 Å². The Balaban J connectivity index is 1.49. The van der Waals surface area contributed by atoms with E-state index in [9.17, 15) is 5.26 Å². The molecule has 2 aliphatic rings. The highest BCUT2D eigenvalue weighted by Gasteiger charge is 2.30. The van der Waals surface area contributed by atoms with E-state index in [1.807, 2.05) is 10.6 Å². The van der Waals surface area contributed by atoms with Crippen LogP contribution in [0.25, 0.3) is 11.0 Å². The third-order valence-corrected chi connectivity index (χ3v) is 5.47. The van der Waals surface area contributed by atoms with Gasteiger partial charge in [-0.05, 0) is 6.07 Å². The first-order chi connectivity index (χ1) is 15.2. The first-order valence-electron chi connectivity index (χ1n) is 10.1. The lowest BCUT2D eigenvalue weighted by Crippen LogP contribution is -2.38. The highest BCUT2D eigenvalue weighted by Crippen LogP contribution is 2.32. The third-order valence-electron chi connectivity index (χ3n) is 5.47. The predicted octanol–water partition coefficient (Wildman–Crippen LogP) is 1.83. The van der Waals surface area contributed by atoms with E-state index >= 15 is 0 Å². The molecule has 11 heteroatoms. The number of nitriles is 1. The number of anilines is 2. The molecular formula is C20H23N7O4. The minimum absolute atomic E-state index is 0.0332. The van der Waals surface area contributed by atoms with Gasteiger partial charge in [-0.15, -0.1) is 5.10 Å². The van der Waals surface area contributed by atoms with E-state index in [1.165, 1.54) is 0 Å². The first-order valence-corrected chi connectivity index (χ1v) is 10.1. The molecule has 0 aliphatic carbocycles. The molecule has 5 rings (SSSR count). The summed E-state index contributed by atoms with van der Waals surface area (Å²) in [5.41, 5.74) is 1.86. The molecule has 0 aromatic carbocycles. The number of ether oxygens (including phenoxy) is 4. The van der Waals surface area contributed by atoms with Gasteiger partial charge in [-0.3, -0.25) is 0 Å². The zero-order valence-electron chi connectivity index (χ0n) is 17.3. The number of aromatic nitrogens is 5. The molecule has 0 saturated carbocycles. The molecule has 2 aliphatic heterocycles. The number of fused-ring (bicyclic) bond motifs is 1. The molecule has 11 nitrogen and oxygen atoms in total. The topological polar surface area (TPSA) is 121 Å². The summed E-state index contributed by atoms with van der Waals surface area (Å²) >= 11 is 0. The lowest BCUT2D eigenvalue weighted by Gasteiger charge is -2.25. The van der Waals surface area contributed by atoms with Crippen molar-refractivity contribution in [3.8, 4) is 11.9 Å². The second kappa shape index (κ2) is 8.14. The van der Waals surface area contributed by atoms with Crippen molar-refractivity contribution < 1.29 is 18.9 Å². The van der Waals surface area contributed by atoms with Crippen LogP contribution in [0.15, 0.2) is 18.5 Å².